The number of carbonyl (C=O) groups is 2. The molecule has 140 valence electrons. The number of ether oxygens (including phenoxy) is 1. The number of benzene rings is 2. The van der Waals surface area contributed by atoms with Crippen LogP contribution in [-0.2, 0) is 9.59 Å². The Morgan fingerprint density at radius 1 is 1.19 bits per heavy atom. The minimum Gasteiger partial charge on any atom is -0.497 e. The van der Waals surface area contributed by atoms with Crippen LogP contribution in [0.5, 0.6) is 5.75 Å². The lowest BCUT2D eigenvalue weighted by Crippen LogP contribution is -2.42. The highest BCUT2D eigenvalue weighted by Crippen LogP contribution is 2.22. The van der Waals surface area contributed by atoms with Gasteiger partial charge < -0.3 is 15.0 Å². The Kier molecular flexibility index (Phi) is 6.29. The van der Waals surface area contributed by atoms with E-state index in [4.69, 9.17) is 4.74 Å². The second-order valence-electron chi connectivity index (χ2n) is 6.26. The van der Waals surface area contributed by atoms with E-state index in [0.29, 0.717) is 18.7 Å². The van der Waals surface area contributed by atoms with Gasteiger partial charge in [0.2, 0.25) is 11.8 Å². The van der Waals surface area contributed by atoms with Crippen LogP contribution in [0.25, 0.3) is 6.08 Å². The van der Waals surface area contributed by atoms with Gasteiger partial charge in [-0.05, 0) is 54.8 Å². The Balaban J connectivity index is 1.65. The Morgan fingerprint density at radius 3 is 2.63 bits per heavy atom. The van der Waals surface area contributed by atoms with E-state index in [1.165, 1.54) is 6.08 Å². The Labute approximate surface area is 167 Å². The molecule has 1 saturated heterocycles. The topological polar surface area (TPSA) is 58.6 Å². The number of halogens is 1. The maximum atomic E-state index is 12.6. The van der Waals surface area contributed by atoms with Crippen LogP contribution in [0.1, 0.15) is 18.4 Å². The zero-order valence-electron chi connectivity index (χ0n) is 15.0. The lowest BCUT2D eigenvalue weighted by Gasteiger charge is -2.22. The average molecular weight is 429 g/mol. The van der Waals surface area contributed by atoms with Crippen molar-refractivity contribution in [2.45, 2.75) is 18.9 Å². The van der Waals surface area contributed by atoms with Crippen LogP contribution in [0, 0.1) is 0 Å². The second kappa shape index (κ2) is 8.86. The minimum absolute atomic E-state index is 0.155. The number of hydrogen-bond donors (Lipinski definition) is 1. The third-order valence-corrected chi connectivity index (χ3v) is 5.23. The molecule has 0 aromatic heterocycles. The fourth-order valence-corrected chi connectivity index (χ4v) is 3.49. The van der Waals surface area contributed by atoms with Crippen molar-refractivity contribution in [3.63, 3.8) is 0 Å². The van der Waals surface area contributed by atoms with Gasteiger partial charge in [-0.15, -0.1) is 0 Å². The van der Waals surface area contributed by atoms with E-state index in [1.807, 2.05) is 24.3 Å². The van der Waals surface area contributed by atoms with Gasteiger partial charge in [-0.25, -0.2) is 0 Å². The van der Waals surface area contributed by atoms with Crippen LogP contribution in [0.3, 0.4) is 0 Å². The molecular formula is C21H21BrN2O3. The molecule has 1 unspecified atom stereocenters. The molecule has 2 aromatic carbocycles. The molecule has 0 spiro atoms. The predicted octanol–water partition coefficient (Wildman–Crippen LogP) is 4.10. The summed E-state index contributed by atoms with van der Waals surface area (Å²) in [6.07, 6.45) is 4.77. The monoisotopic (exact) mass is 428 g/mol. The summed E-state index contributed by atoms with van der Waals surface area (Å²) in [7, 11) is 1.59. The van der Waals surface area contributed by atoms with Crippen molar-refractivity contribution in [2.24, 2.45) is 0 Å². The molecule has 1 atom stereocenters. The molecule has 1 aliphatic rings. The van der Waals surface area contributed by atoms with E-state index in [9.17, 15) is 9.59 Å². The van der Waals surface area contributed by atoms with Crippen LogP contribution in [0.4, 0.5) is 5.69 Å². The van der Waals surface area contributed by atoms with E-state index in [2.05, 4.69) is 21.2 Å². The Hall–Kier alpha value is -2.60. The predicted molar refractivity (Wildman–Crippen MR) is 110 cm³/mol. The minimum atomic E-state index is -0.455. The first-order valence-electron chi connectivity index (χ1n) is 8.76. The third-order valence-electron chi connectivity index (χ3n) is 4.51. The number of anilines is 1. The first-order valence-corrected chi connectivity index (χ1v) is 9.56. The van der Waals surface area contributed by atoms with Crippen LogP contribution < -0.4 is 10.1 Å². The summed E-state index contributed by atoms with van der Waals surface area (Å²) < 4.78 is 6.04. The normalized spacial score (nSPS) is 16.5. The summed E-state index contributed by atoms with van der Waals surface area (Å²) >= 11 is 3.46. The largest absolute Gasteiger partial charge is 0.497 e. The average Bonchev–Trinajstić information content (AvgIpc) is 3.18. The number of amides is 2. The summed E-state index contributed by atoms with van der Waals surface area (Å²) in [6.45, 7) is 0.583. The van der Waals surface area contributed by atoms with Crippen molar-refractivity contribution in [3.8, 4) is 5.75 Å². The fraction of sp³-hybridized carbons (Fsp3) is 0.238. The molecule has 1 N–H and O–H groups in total. The van der Waals surface area contributed by atoms with Crippen molar-refractivity contribution in [2.75, 3.05) is 19.0 Å². The van der Waals surface area contributed by atoms with Gasteiger partial charge in [0, 0.05) is 22.8 Å². The summed E-state index contributed by atoms with van der Waals surface area (Å²) in [6, 6.07) is 14.4. The molecule has 2 amide bonds. The Morgan fingerprint density at radius 2 is 1.93 bits per heavy atom. The van der Waals surface area contributed by atoms with Crippen LogP contribution in [0.2, 0.25) is 0 Å². The molecule has 1 heterocycles. The summed E-state index contributed by atoms with van der Waals surface area (Å²) in [5.74, 6) is 0.404. The standard InChI is InChI=1S/C21H21BrN2O3/c1-27-17-11-9-16(10-12-17)23-21(26)19-7-4-14-24(19)20(25)13-8-15-5-2-3-6-18(15)22/h2-3,5-6,8-13,19H,4,7,14H2,1H3,(H,23,26). The number of carbonyl (C=O) groups excluding carboxylic acids is 2. The van der Waals surface area contributed by atoms with E-state index in [-0.39, 0.29) is 11.8 Å². The van der Waals surface area contributed by atoms with E-state index in [0.717, 1.165) is 22.2 Å². The van der Waals surface area contributed by atoms with Gasteiger partial charge >= 0.3 is 0 Å². The van der Waals surface area contributed by atoms with Crippen molar-refractivity contribution >= 4 is 39.5 Å². The van der Waals surface area contributed by atoms with Gasteiger partial charge in [-0.1, -0.05) is 34.1 Å². The van der Waals surface area contributed by atoms with E-state index in [1.54, 1.807) is 42.4 Å². The molecule has 6 heteroatoms. The number of nitrogens with one attached hydrogen (secondary N) is 1. The molecule has 0 bridgehead atoms. The van der Waals surface area contributed by atoms with Gasteiger partial charge in [-0.3, -0.25) is 9.59 Å². The quantitative estimate of drug-likeness (QED) is 0.729. The summed E-state index contributed by atoms with van der Waals surface area (Å²) in [5.41, 5.74) is 1.60. The van der Waals surface area contributed by atoms with E-state index >= 15 is 0 Å². The zero-order valence-corrected chi connectivity index (χ0v) is 16.6. The molecule has 0 aliphatic carbocycles. The van der Waals surface area contributed by atoms with Crippen molar-refractivity contribution < 1.29 is 14.3 Å². The van der Waals surface area contributed by atoms with Crippen LogP contribution in [-0.4, -0.2) is 36.4 Å². The number of nitrogens with zero attached hydrogens (tertiary/aromatic N) is 1. The molecule has 27 heavy (non-hydrogen) atoms. The van der Waals surface area contributed by atoms with Gasteiger partial charge in [0.1, 0.15) is 11.8 Å². The smallest absolute Gasteiger partial charge is 0.247 e. The first-order chi connectivity index (χ1) is 13.1. The highest BCUT2D eigenvalue weighted by atomic mass is 79.9. The second-order valence-corrected chi connectivity index (χ2v) is 7.12. The maximum Gasteiger partial charge on any atom is 0.247 e. The molecule has 1 fully saturated rings. The summed E-state index contributed by atoms with van der Waals surface area (Å²) in [4.78, 5) is 26.9. The lowest BCUT2D eigenvalue weighted by atomic mass is 10.2. The molecule has 1 aliphatic heterocycles. The lowest BCUT2D eigenvalue weighted by molar-refractivity contribution is -0.132. The van der Waals surface area contributed by atoms with Gasteiger partial charge in [-0.2, -0.15) is 0 Å². The fourth-order valence-electron chi connectivity index (χ4n) is 3.07. The third kappa shape index (κ3) is 4.77. The SMILES string of the molecule is COc1ccc(NC(=O)C2CCCN2C(=O)C=Cc2ccccc2Br)cc1. The van der Waals surface area contributed by atoms with Crippen molar-refractivity contribution in [3.05, 3.63) is 64.6 Å². The number of rotatable bonds is 5. The highest BCUT2D eigenvalue weighted by Gasteiger charge is 2.33. The Bertz CT molecular complexity index is 849. The highest BCUT2D eigenvalue weighted by molar-refractivity contribution is 9.10. The summed E-state index contributed by atoms with van der Waals surface area (Å²) in [5, 5.41) is 2.88. The zero-order chi connectivity index (χ0) is 19.2. The van der Waals surface area contributed by atoms with Crippen LogP contribution in [0.15, 0.2) is 59.1 Å². The number of hydrogen-bond acceptors (Lipinski definition) is 3. The molecule has 0 radical (unpaired) electrons. The molecule has 5 nitrogen and oxygen atoms in total. The van der Waals surface area contributed by atoms with Crippen LogP contribution >= 0.6 is 15.9 Å². The van der Waals surface area contributed by atoms with Gasteiger partial charge in [0.15, 0.2) is 0 Å². The molecule has 3 rings (SSSR count). The maximum absolute atomic E-state index is 12.6. The molecule has 2 aromatic rings. The van der Waals surface area contributed by atoms with Gasteiger partial charge in [0.25, 0.3) is 0 Å². The van der Waals surface area contributed by atoms with Crippen molar-refractivity contribution in [1.82, 2.24) is 4.90 Å². The van der Waals surface area contributed by atoms with Gasteiger partial charge in [0.05, 0.1) is 7.11 Å². The molecule has 0 saturated carbocycles. The number of methoxy groups -OCH3 is 1. The first kappa shape index (κ1) is 19.2. The van der Waals surface area contributed by atoms with E-state index < -0.39 is 6.04 Å². The number of likely N-dealkylation sites (tertiary alicyclic amines) is 1. The molecular weight excluding hydrogens is 408 g/mol. The van der Waals surface area contributed by atoms with Crippen molar-refractivity contribution in [1.29, 1.82) is 0 Å².